The molecular weight excluding hydrogens is 278 g/mol. The van der Waals surface area contributed by atoms with E-state index in [4.69, 9.17) is 9.47 Å². The fraction of sp³-hybridized carbons (Fsp3) is 0.294. The van der Waals surface area contributed by atoms with Gasteiger partial charge in [0.15, 0.2) is 5.65 Å². The second kappa shape index (κ2) is 6.47. The van der Waals surface area contributed by atoms with Crippen LogP contribution in [-0.4, -0.2) is 28.7 Å². The third-order valence-corrected chi connectivity index (χ3v) is 3.54. The highest BCUT2D eigenvalue weighted by Crippen LogP contribution is 2.17. The molecule has 2 heterocycles. The van der Waals surface area contributed by atoms with Crippen molar-refractivity contribution in [2.75, 3.05) is 13.7 Å². The molecule has 1 aromatic carbocycles. The molecule has 0 unspecified atom stereocenters. The molecule has 0 aliphatic heterocycles. The van der Waals surface area contributed by atoms with Crippen LogP contribution in [0.15, 0.2) is 36.5 Å². The zero-order valence-corrected chi connectivity index (χ0v) is 12.8. The van der Waals surface area contributed by atoms with E-state index in [0.29, 0.717) is 6.61 Å². The predicted molar refractivity (Wildman–Crippen MR) is 85.4 cm³/mol. The minimum Gasteiger partial charge on any atom is -0.497 e. The Morgan fingerprint density at radius 1 is 1.09 bits per heavy atom. The van der Waals surface area contributed by atoms with E-state index in [1.54, 1.807) is 13.3 Å². The standard InChI is InChI=1S/C17H19N3O2/c1-12-9-10-18-17-16(12)19-15(20-17)4-3-11-22-14-7-5-13(21-2)6-8-14/h5-10H,3-4,11H2,1-2H3,(H,18,19,20). The number of hydrogen-bond donors (Lipinski definition) is 1. The SMILES string of the molecule is COc1ccc(OCCCc2nc3nccc(C)c3[nH]2)cc1. The number of hydrogen-bond acceptors (Lipinski definition) is 4. The Bertz CT molecular complexity index is 750. The highest BCUT2D eigenvalue weighted by molar-refractivity contribution is 5.74. The maximum absolute atomic E-state index is 5.71. The molecule has 22 heavy (non-hydrogen) atoms. The molecule has 0 bridgehead atoms. The van der Waals surface area contributed by atoms with E-state index in [-0.39, 0.29) is 0 Å². The number of ether oxygens (including phenoxy) is 2. The Hall–Kier alpha value is -2.56. The third-order valence-electron chi connectivity index (χ3n) is 3.54. The average molecular weight is 297 g/mol. The second-order valence-electron chi connectivity index (χ2n) is 5.14. The summed E-state index contributed by atoms with van der Waals surface area (Å²) in [7, 11) is 1.65. The Morgan fingerprint density at radius 2 is 1.86 bits per heavy atom. The van der Waals surface area contributed by atoms with Crippen LogP contribution in [0.2, 0.25) is 0 Å². The first-order valence-electron chi connectivity index (χ1n) is 7.33. The summed E-state index contributed by atoms with van der Waals surface area (Å²) in [6.45, 7) is 2.70. The van der Waals surface area contributed by atoms with Crippen molar-refractivity contribution in [1.82, 2.24) is 15.0 Å². The van der Waals surface area contributed by atoms with Gasteiger partial charge in [-0.3, -0.25) is 0 Å². The van der Waals surface area contributed by atoms with Gasteiger partial charge < -0.3 is 14.5 Å². The molecule has 0 aliphatic carbocycles. The molecular formula is C17H19N3O2. The Kier molecular flexibility index (Phi) is 4.23. The summed E-state index contributed by atoms with van der Waals surface area (Å²) >= 11 is 0. The molecule has 0 fully saturated rings. The number of rotatable bonds is 6. The van der Waals surface area contributed by atoms with Crippen molar-refractivity contribution < 1.29 is 9.47 Å². The molecule has 5 heteroatoms. The van der Waals surface area contributed by atoms with Gasteiger partial charge in [0.25, 0.3) is 0 Å². The highest BCUT2D eigenvalue weighted by Gasteiger charge is 2.05. The number of aryl methyl sites for hydroxylation is 2. The summed E-state index contributed by atoms with van der Waals surface area (Å²) in [4.78, 5) is 12.1. The topological polar surface area (TPSA) is 60.0 Å². The quantitative estimate of drug-likeness (QED) is 0.709. The number of nitrogens with one attached hydrogen (secondary N) is 1. The summed E-state index contributed by atoms with van der Waals surface area (Å²) < 4.78 is 10.8. The fourth-order valence-electron chi connectivity index (χ4n) is 2.30. The van der Waals surface area contributed by atoms with Crippen LogP contribution in [0.25, 0.3) is 11.2 Å². The first-order chi connectivity index (χ1) is 10.8. The van der Waals surface area contributed by atoms with Gasteiger partial charge in [-0.2, -0.15) is 0 Å². The van der Waals surface area contributed by atoms with Crippen molar-refractivity contribution in [3.8, 4) is 11.5 Å². The number of nitrogens with zero attached hydrogens (tertiary/aromatic N) is 2. The van der Waals surface area contributed by atoms with Crippen molar-refractivity contribution in [2.45, 2.75) is 19.8 Å². The van der Waals surface area contributed by atoms with E-state index in [1.165, 1.54) is 5.56 Å². The lowest BCUT2D eigenvalue weighted by Crippen LogP contribution is -2.00. The Balaban J connectivity index is 1.52. The van der Waals surface area contributed by atoms with E-state index in [9.17, 15) is 0 Å². The van der Waals surface area contributed by atoms with E-state index in [0.717, 1.165) is 41.3 Å². The number of H-pyrrole nitrogens is 1. The molecule has 2 aromatic heterocycles. The smallest absolute Gasteiger partial charge is 0.177 e. The molecule has 0 radical (unpaired) electrons. The van der Waals surface area contributed by atoms with Crippen molar-refractivity contribution in [3.05, 3.63) is 47.9 Å². The van der Waals surface area contributed by atoms with Crippen LogP contribution in [0.3, 0.4) is 0 Å². The number of fused-ring (bicyclic) bond motifs is 1. The summed E-state index contributed by atoms with van der Waals surface area (Å²) in [5.41, 5.74) is 2.97. The lowest BCUT2D eigenvalue weighted by molar-refractivity contribution is 0.309. The summed E-state index contributed by atoms with van der Waals surface area (Å²) in [6, 6.07) is 9.59. The van der Waals surface area contributed by atoms with E-state index in [1.807, 2.05) is 30.3 Å². The molecule has 0 spiro atoms. The van der Waals surface area contributed by atoms with Crippen molar-refractivity contribution >= 4 is 11.2 Å². The summed E-state index contributed by atoms with van der Waals surface area (Å²) in [6.07, 6.45) is 3.52. The van der Waals surface area contributed by atoms with E-state index >= 15 is 0 Å². The van der Waals surface area contributed by atoms with E-state index < -0.39 is 0 Å². The van der Waals surface area contributed by atoms with Gasteiger partial charge in [0.05, 0.1) is 19.2 Å². The highest BCUT2D eigenvalue weighted by atomic mass is 16.5. The lowest BCUT2D eigenvalue weighted by Gasteiger charge is -2.06. The lowest BCUT2D eigenvalue weighted by atomic mass is 10.3. The molecule has 5 nitrogen and oxygen atoms in total. The number of pyridine rings is 1. The maximum atomic E-state index is 5.71. The molecule has 1 N–H and O–H groups in total. The molecule has 0 aliphatic rings. The number of benzene rings is 1. The molecule has 0 saturated heterocycles. The minimum atomic E-state index is 0.649. The largest absolute Gasteiger partial charge is 0.497 e. The van der Waals surface area contributed by atoms with Crippen LogP contribution in [0.5, 0.6) is 11.5 Å². The molecule has 3 aromatic rings. The van der Waals surface area contributed by atoms with Gasteiger partial charge >= 0.3 is 0 Å². The average Bonchev–Trinajstić information content (AvgIpc) is 2.97. The number of imidazole rings is 1. The van der Waals surface area contributed by atoms with Crippen LogP contribution in [-0.2, 0) is 6.42 Å². The van der Waals surface area contributed by atoms with Gasteiger partial charge in [0.2, 0.25) is 0 Å². The zero-order chi connectivity index (χ0) is 15.4. The molecule has 114 valence electrons. The fourth-order valence-corrected chi connectivity index (χ4v) is 2.30. The minimum absolute atomic E-state index is 0.649. The maximum Gasteiger partial charge on any atom is 0.177 e. The van der Waals surface area contributed by atoms with Crippen molar-refractivity contribution in [2.24, 2.45) is 0 Å². The van der Waals surface area contributed by atoms with Gasteiger partial charge in [0, 0.05) is 12.6 Å². The predicted octanol–water partition coefficient (Wildman–Crippen LogP) is 3.29. The number of aromatic nitrogens is 3. The number of aromatic amines is 1. The van der Waals surface area contributed by atoms with Gasteiger partial charge in [-0.25, -0.2) is 9.97 Å². The molecule has 0 atom stereocenters. The molecule has 3 rings (SSSR count). The normalized spacial score (nSPS) is 10.8. The van der Waals surface area contributed by atoms with Gasteiger partial charge in [-0.1, -0.05) is 0 Å². The first-order valence-corrected chi connectivity index (χ1v) is 7.33. The van der Waals surface area contributed by atoms with Crippen LogP contribution in [0.1, 0.15) is 17.8 Å². The molecule has 0 amide bonds. The van der Waals surface area contributed by atoms with Crippen molar-refractivity contribution in [3.63, 3.8) is 0 Å². The molecule has 0 saturated carbocycles. The van der Waals surface area contributed by atoms with Gasteiger partial charge in [0.1, 0.15) is 17.3 Å². The first kappa shape index (κ1) is 14.4. The number of methoxy groups -OCH3 is 1. The van der Waals surface area contributed by atoms with Crippen LogP contribution < -0.4 is 9.47 Å². The van der Waals surface area contributed by atoms with Crippen LogP contribution >= 0.6 is 0 Å². The zero-order valence-electron chi connectivity index (χ0n) is 12.8. The van der Waals surface area contributed by atoms with Crippen molar-refractivity contribution in [1.29, 1.82) is 0 Å². The van der Waals surface area contributed by atoms with Gasteiger partial charge in [-0.15, -0.1) is 0 Å². The van der Waals surface area contributed by atoms with Gasteiger partial charge in [-0.05, 0) is 49.2 Å². The monoisotopic (exact) mass is 297 g/mol. The third kappa shape index (κ3) is 3.19. The van der Waals surface area contributed by atoms with Crippen LogP contribution in [0.4, 0.5) is 0 Å². The second-order valence-corrected chi connectivity index (χ2v) is 5.14. The Labute approximate surface area is 129 Å². The van der Waals surface area contributed by atoms with E-state index in [2.05, 4.69) is 21.9 Å². The van der Waals surface area contributed by atoms with Crippen LogP contribution in [0, 0.1) is 6.92 Å². The Morgan fingerprint density at radius 3 is 2.59 bits per heavy atom. The summed E-state index contributed by atoms with van der Waals surface area (Å²) in [5.74, 6) is 2.63. The summed E-state index contributed by atoms with van der Waals surface area (Å²) in [5, 5.41) is 0.